The number of benzene rings is 1. The van der Waals surface area contributed by atoms with Crippen LogP contribution in [0.4, 0.5) is 10.1 Å². The van der Waals surface area contributed by atoms with Gasteiger partial charge in [-0.2, -0.15) is 0 Å². The normalized spacial score (nSPS) is 10.3. The van der Waals surface area contributed by atoms with Gasteiger partial charge in [-0.3, -0.25) is 4.79 Å². The Bertz CT molecular complexity index is 382. The minimum atomic E-state index is -0.353. The van der Waals surface area contributed by atoms with Gasteiger partial charge in [0.1, 0.15) is 5.82 Å². The number of rotatable bonds is 4. The van der Waals surface area contributed by atoms with E-state index in [4.69, 9.17) is 0 Å². The van der Waals surface area contributed by atoms with Crippen LogP contribution in [0, 0.1) is 5.82 Å². The number of amides is 1. The molecule has 0 saturated heterocycles. The van der Waals surface area contributed by atoms with Crippen molar-refractivity contribution in [3.63, 3.8) is 0 Å². The number of hydrogen-bond donors (Lipinski definition) is 2. The van der Waals surface area contributed by atoms with E-state index in [0.29, 0.717) is 10.2 Å². The van der Waals surface area contributed by atoms with Crippen LogP contribution in [-0.4, -0.2) is 18.5 Å². The molecule has 0 aliphatic heterocycles. The first-order chi connectivity index (χ1) is 7.49. The lowest BCUT2D eigenvalue weighted by atomic mass is 10.3. The molecule has 1 aromatic rings. The third-order valence-electron chi connectivity index (χ3n) is 1.82. The smallest absolute Gasteiger partial charge is 0.239 e. The zero-order chi connectivity index (χ0) is 12.1. The molecule has 1 aromatic carbocycles. The summed E-state index contributed by atoms with van der Waals surface area (Å²) in [7, 11) is 0. The van der Waals surface area contributed by atoms with Gasteiger partial charge >= 0.3 is 0 Å². The van der Waals surface area contributed by atoms with Crippen LogP contribution in [0.5, 0.6) is 0 Å². The number of carbonyl (C=O) groups is 1. The summed E-state index contributed by atoms with van der Waals surface area (Å²) < 4.78 is 13.5. The molecule has 0 aromatic heterocycles. The largest absolute Gasteiger partial charge is 0.376 e. The van der Waals surface area contributed by atoms with Crippen LogP contribution in [0.3, 0.4) is 0 Å². The minimum Gasteiger partial charge on any atom is -0.376 e. The summed E-state index contributed by atoms with van der Waals surface area (Å²) in [6, 6.07) is 4.75. The van der Waals surface area contributed by atoms with Gasteiger partial charge in [0.25, 0.3) is 0 Å². The van der Waals surface area contributed by atoms with Crippen LogP contribution in [0.25, 0.3) is 0 Å². The van der Waals surface area contributed by atoms with Crippen molar-refractivity contribution in [3.8, 4) is 0 Å². The molecule has 0 aliphatic rings. The van der Waals surface area contributed by atoms with Crippen molar-refractivity contribution in [2.45, 2.75) is 19.9 Å². The highest BCUT2D eigenvalue weighted by molar-refractivity contribution is 9.10. The first kappa shape index (κ1) is 13.0. The van der Waals surface area contributed by atoms with Crippen LogP contribution in [-0.2, 0) is 4.79 Å². The maximum absolute atomic E-state index is 13.1. The molecule has 0 fully saturated rings. The zero-order valence-corrected chi connectivity index (χ0v) is 10.8. The van der Waals surface area contributed by atoms with E-state index in [0.717, 1.165) is 0 Å². The van der Waals surface area contributed by atoms with Crippen molar-refractivity contribution in [1.82, 2.24) is 5.32 Å². The molecule has 0 bridgehead atoms. The Morgan fingerprint density at radius 3 is 2.75 bits per heavy atom. The number of carbonyl (C=O) groups excluding carboxylic acids is 1. The van der Waals surface area contributed by atoms with Crippen molar-refractivity contribution in [3.05, 3.63) is 28.5 Å². The number of nitrogens with one attached hydrogen (secondary N) is 2. The Kier molecular flexibility index (Phi) is 4.73. The Hall–Kier alpha value is -1.10. The van der Waals surface area contributed by atoms with Crippen LogP contribution in [0.2, 0.25) is 0 Å². The summed E-state index contributed by atoms with van der Waals surface area (Å²) in [4.78, 5) is 11.3. The van der Waals surface area contributed by atoms with Crippen molar-refractivity contribution in [2.75, 3.05) is 11.9 Å². The van der Waals surface area contributed by atoms with Crippen molar-refractivity contribution >= 4 is 27.5 Å². The monoisotopic (exact) mass is 288 g/mol. The molecule has 5 heteroatoms. The van der Waals surface area contributed by atoms with E-state index in [-0.39, 0.29) is 24.3 Å². The van der Waals surface area contributed by atoms with E-state index in [2.05, 4.69) is 26.6 Å². The van der Waals surface area contributed by atoms with Crippen molar-refractivity contribution < 1.29 is 9.18 Å². The van der Waals surface area contributed by atoms with E-state index < -0.39 is 0 Å². The predicted molar refractivity (Wildman–Crippen MR) is 65.9 cm³/mol. The van der Waals surface area contributed by atoms with Gasteiger partial charge in [-0.1, -0.05) is 0 Å². The second-order valence-corrected chi connectivity index (χ2v) is 4.56. The molecule has 3 nitrogen and oxygen atoms in total. The highest BCUT2D eigenvalue weighted by atomic mass is 79.9. The summed E-state index contributed by atoms with van der Waals surface area (Å²) in [5.74, 6) is -0.465. The molecule has 0 atom stereocenters. The molecule has 0 radical (unpaired) electrons. The standard InChI is InChI=1S/C11H14BrFN2O/c1-7(2)15-11(16)6-14-8-3-4-9(12)10(13)5-8/h3-5,7,14H,6H2,1-2H3,(H,15,16). The second-order valence-electron chi connectivity index (χ2n) is 3.70. The maximum Gasteiger partial charge on any atom is 0.239 e. The van der Waals surface area contributed by atoms with Crippen LogP contribution in [0.15, 0.2) is 22.7 Å². The molecule has 88 valence electrons. The van der Waals surface area contributed by atoms with Gasteiger partial charge in [0.2, 0.25) is 5.91 Å². The molecule has 1 rings (SSSR count). The molecule has 0 unspecified atom stereocenters. The van der Waals surface area contributed by atoms with E-state index in [9.17, 15) is 9.18 Å². The van der Waals surface area contributed by atoms with Crippen LogP contribution >= 0.6 is 15.9 Å². The summed E-state index contributed by atoms with van der Waals surface area (Å²) >= 11 is 3.06. The van der Waals surface area contributed by atoms with E-state index in [1.807, 2.05) is 13.8 Å². The topological polar surface area (TPSA) is 41.1 Å². The third-order valence-corrected chi connectivity index (χ3v) is 2.47. The van der Waals surface area contributed by atoms with Gasteiger partial charge in [-0.25, -0.2) is 4.39 Å². The fourth-order valence-electron chi connectivity index (χ4n) is 1.16. The Morgan fingerprint density at radius 2 is 2.19 bits per heavy atom. The average Bonchev–Trinajstić information content (AvgIpc) is 2.19. The van der Waals surface area contributed by atoms with Crippen molar-refractivity contribution in [2.24, 2.45) is 0 Å². The molecular weight excluding hydrogens is 275 g/mol. The molecule has 0 aliphatic carbocycles. The van der Waals surface area contributed by atoms with E-state index in [1.165, 1.54) is 6.07 Å². The van der Waals surface area contributed by atoms with Gasteiger partial charge in [0.15, 0.2) is 0 Å². The van der Waals surface area contributed by atoms with Gasteiger partial charge < -0.3 is 10.6 Å². The van der Waals surface area contributed by atoms with E-state index in [1.54, 1.807) is 12.1 Å². The van der Waals surface area contributed by atoms with Gasteiger partial charge in [0, 0.05) is 11.7 Å². The lowest BCUT2D eigenvalue weighted by molar-refractivity contribution is -0.119. The van der Waals surface area contributed by atoms with Gasteiger partial charge in [-0.15, -0.1) is 0 Å². The predicted octanol–water partition coefficient (Wildman–Crippen LogP) is 2.52. The van der Waals surface area contributed by atoms with E-state index >= 15 is 0 Å². The van der Waals surface area contributed by atoms with Crippen molar-refractivity contribution in [1.29, 1.82) is 0 Å². The highest BCUT2D eigenvalue weighted by Gasteiger charge is 2.04. The molecule has 2 N–H and O–H groups in total. The minimum absolute atomic E-state index is 0.107. The summed E-state index contributed by atoms with van der Waals surface area (Å²) in [6.45, 7) is 3.91. The maximum atomic E-state index is 13.1. The third kappa shape index (κ3) is 4.18. The first-order valence-corrected chi connectivity index (χ1v) is 5.76. The van der Waals surface area contributed by atoms with Crippen LogP contribution in [0.1, 0.15) is 13.8 Å². The fourth-order valence-corrected chi connectivity index (χ4v) is 1.41. The number of halogens is 2. The molecular formula is C11H14BrFN2O. The Morgan fingerprint density at radius 1 is 1.50 bits per heavy atom. The number of anilines is 1. The molecule has 0 heterocycles. The summed E-state index contributed by atoms with van der Waals surface area (Å²) in [6.07, 6.45) is 0. The molecule has 16 heavy (non-hydrogen) atoms. The first-order valence-electron chi connectivity index (χ1n) is 4.97. The SMILES string of the molecule is CC(C)NC(=O)CNc1ccc(Br)c(F)c1. The lowest BCUT2D eigenvalue weighted by Crippen LogP contribution is -2.34. The van der Waals surface area contributed by atoms with Gasteiger partial charge in [0.05, 0.1) is 11.0 Å². The fraction of sp³-hybridized carbons (Fsp3) is 0.364. The Balaban J connectivity index is 2.48. The molecule has 0 spiro atoms. The number of hydrogen-bond acceptors (Lipinski definition) is 2. The van der Waals surface area contributed by atoms with Crippen LogP contribution < -0.4 is 10.6 Å². The summed E-state index contributed by atoms with van der Waals surface area (Å²) in [5, 5.41) is 5.58. The second kappa shape index (κ2) is 5.84. The zero-order valence-electron chi connectivity index (χ0n) is 9.18. The molecule has 0 saturated carbocycles. The summed E-state index contributed by atoms with van der Waals surface area (Å²) in [5.41, 5.74) is 0.583. The highest BCUT2D eigenvalue weighted by Crippen LogP contribution is 2.18. The molecule has 1 amide bonds. The Labute approximate surface area is 103 Å². The van der Waals surface area contributed by atoms with Gasteiger partial charge in [-0.05, 0) is 48.0 Å². The lowest BCUT2D eigenvalue weighted by Gasteiger charge is -2.10. The quantitative estimate of drug-likeness (QED) is 0.894. The average molecular weight is 289 g/mol.